The summed E-state index contributed by atoms with van der Waals surface area (Å²) in [4.78, 5) is 11.0. The monoisotopic (exact) mass is 370 g/mol. The molecule has 0 bridgehead atoms. The number of hydrogen-bond acceptors (Lipinski definition) is 4. The summed E-state index contributed by atoms with van der Waals surface area (Å²) in [6.07, 6.45) is 4.13. The predicted octanol–water partition coefficient (Wildman–Crippen LogP) is 4.57. The molecule has 0 radical (unpaired) electrons. The molecule has 146 valence electrons. The van der Waals surface area contributed by atoms with Crippen LogP contribution in [0.5, 0.6) is 0 Å². The van der Waals surface area contributed by atoms with E-state index in [1.807, 2.05) is 0 Å². The molecular formula is C20H38O4Si. The minimum atomic E-state index is -1.91. The fraction of sp³-hybridized carbons (Fsp3) is 0.950. The number of carbonyl (C=O) groups is 1. The maximum absolute atomic E-state index is 11.0. The van der Waals surface area contributed by atoms with Crippen LogP contribution >= 0.6 is 0 Å². The van der Waals surface area contributed by atoms with E-state index in [0.29, 0.717) is 24.4 Å². The van der Waals surface area contributed by atoms with Crippen molar-refractivity contribution in [3.8, 4) is 0 Å². The zero-order valence-corrected chi connectivity index (χ0v) is 18.4. The molecule has 2 saturated heterocycles. The van der Waals surface area contributed by atoms with Crippen molar-refractivity contribution >= 4 is 14.6 Å². The fourth-order valence-corrected chi connectivity index (χ4v) is 4.97. The Labute approximate surface area is 155 Å². The van der Waals surface area contributed by atoms with Crippen LogP contribution in [0.1, 0.15) is 60.8 Å². The van der Waals surface area contributed by atoms with Gasteiger partial charge in [-0.3, -0.25) is 0 Å². The van der Waals surface area contributed by atoms with E-state index in [1.165, 1.54) is 0 Å². The van der Waals surface area contributed by atoms with E-state index in [9.17, 15) is 4.79 Å². The second kappa shape index (κ2) is 7.79. The summed E-state index contributed by atoms with van der Waals surface area (Å²) < 4.78 is 19.0. The molecule has 0 unspecified atom stereocenters. The molecule has 2 rings (SSSR count). The van der Waals surface area contributed by atoms with Gasteiger partial charge in [0.2, 0.25) is 0 Å². The molecule has 0 spiro atoms. The standard InChI is InChI=1S/C20H38O4Si/c1-13(2)17-19(23-17)16-12-14(3)18(22-16)15(10-9-11-21)24-25(7,8)20(4,5)6/h11,13-19H,9-10,12H2,1-8H3/t14-,15+,16-,17+,18-,19+/m1/s1. The summed E-state index contributed by atoms with van der Waals surface area (Å²) in [5.41, 5.74) is 0. The second-order valence-corrected chi connectivity index (χ2v) is 14.6. The summed E-state index contributed by atoms with van der Waals surface area (Å²) in [7, 11) is -1.91. The number of aldehydes is 1. The summed E-state index contributed by atoms with van der Waals surface area (Å²) in [6.45, 7) is 18.0. The van der Waals surface area contributed by atoms with Gasteiger partial charge in [0.05, 0.1) is 24.4 Å². The lowest BCUT2D eigenvalue weighted by atomic mass is 9.94. The Bertz CT molecular complexity index is 457. The molecule has 0 amide bonds. The third-order valence-corrected chi connectivity index (χ3v) is 10.8. The number of hydrogen-bond donors (Lipinski definition) is 0. The molecule has 4 nitrogen and oxygen atoms in total. The summed E-state index contributed by atoms with van der Waals surface area (Å²) in [6, 6.07) is 0. The SMILES string of the molecule is CC(C)[C@@H]1O[C@H]1[C@H]1C[C@@H](C)[C@H]([C@H](CCC=O)O[Si](C)(C)C(C)(C)C)O1. The van der Waals surface area contributed by atoms with Crippen molar-refractivity contribution in [2.75, 3.05) is 0 Å². The Balaban J connectivity index is 2.06. The molecule has 6 atom stereocenters. The molecule has 5 heteroatoms. The molecule has 2 aliphatic heterocycles. The quantitative estimate of drug-likeness (QED) is 0.357. The van der Waals surface area contributed by atoms with Gasteiger partial charge < -0.3 is 18.7 Å². The zero-order valence-electron chi connectivity index (χ0n) is 17.4. The predicted molar refractivity (Wildman–Crippen MR) is 103 cm³/mol. The minimum absolute atomic E-state index is 0.00217. The first-order valence-electron chi connectivity index (χ1n) is 9.90. The maximum Gasteiger partial charge on any atom is 0.192 e. The lowest BCUT2D eigenvalue weighted by molar-refractivity contribution is -0.109. The van der Waals surface area contributed by atoms with E-state index in [0.717, 1.165) is 19.1 Å². The lowest BCUT2D eigenvalue weighted by Crippen LogP contribution is -2.48. The van der Waals surface area contributed by atoms with Crippen LogP contribution in [0.15, 0.2) is 0 Å². The van der Waals surface area contributed by atoms with Crippen molar-refractivity contribution in [1.82, 2.24) is 0 Å². The van der Waals surface area contributed by atoms with Crippen LogP contribution in [0, 0.1) is 11.8 Å². The van der Waals surface area contributed by atoms with Crippen LogP contribution in [-0.2, 0) is 18.7 Å². The van der Waals surface area contributed by atoms with E-state index >= 15 is 0 Å². The van der Waals surface area contributed by atoms with Crippen molar-refractivity contribution in [1.29, 1.82) is 0 Å². The third-order valence-electron chi connectivity index (χ3n) is 6.27. The van der Waals surface area contributed by atoms with Crippen LogP contribution in [-0.4, -0.2) is 45.1 Å². The average molecular weight is 371 g/mol. The van der Waals surface area contributed by atoms with Gasteiger partial charge in [-0.15, -0.1) is 0 Å². The number of epoxide rings is 1. The molecule has 2 aliphatic rings. The fourth-order valence-electron chi connectivity index (χ4n) is 3.61. The van der Waals surface area contributed by atoms with Gasteiger partial charge >= 0.3 is 0 Å². The van der Waals surface area contributed by atoms with Gasteiger partial charge in [-0.05, 0) is 42.8 Å². The highest BCUT2D eigenvalue weighted by Gasteiger charge is 2.53. The second-order valence-electron chi connectivity index (χ2n) is 9.82. The zero-order chi connectivity index (χ0) is 19.0. The first-order valence-corrected chi connectivity index (χ1v) is 12.8. The molecule has 0 aromatic rings. The molecule has 0 saturated carbocycles. The van der Waals surface area contributed by atoms with E-state index < -0.39 is 8.32 Å². The molecular weight excluding hydrogens is 332 g/mol. The molecule has 2 fully saturated rings. The van der Waals surface area contributed by atoms with E-state index in [4.69, 9.17) is 13.9 Å². The van der Waals surface area contributed by atoms with E-state index in [-0.39, 0.29) is 29.5 Å². The van der Waals surface area contributed by atoms with Crippen molar-refractivity contribution < 1.29 is 18.7 Å². The summed E-state index contributed by atoms with van der Waals surface area (Å²) >= 11 is 0. The lowest BCUT2D eigenvalue weighted by Gasteiger charge is -2.41. The third kappa shape index (κ3) is 4.94. The van der Waals surface area contributed by atoms with Crippen LogP contribution in [0.25, 0.3) is 0 Å². The van der Waals surface area contributed by atoms with Gasteiger partial charge in [0.25, 0.3) is 0 Å². The average Bonchev–Trinajstić information content (AvgIpc) is 3.19. The van der Waals surface area contributed by atoms with Gasteiger partial charge in [0.15, 0.2) is 8.32 Å². The summed E-state index contributed by atoms with van der Waals surface area (Å²) in [5.74, 6) is 0.973. The van der Waals surface area contributed by atoms with Gasteiger partial charge in [-0.1, -0.05) is 41.5 Å². The van der Waals surface area contributed by atoms with Crippen LogP contribution in [0.3, 0.4) is 0 Å². The maximum atomic E-state index is 11.0. The largest absolute Gasteiger partial charge is 0.411 e. The Morgan fingerprint density at radius 3 is 2.32 bits per heavy atom. The van der Waals surface area contributed by atoms with Crippen LogP contribution in [0.2, 0.25) is 18.1 Å². The van der Waals surface area contributed by atoms with Crippen molar-refractivity contribution in [2.45, 2.75) is 109 Å². The van der Waals surface area contributed by atoms with Crippen molar-refractivity contribution in [3.05, 3.63) is 0 Å². The number of carbonyl (C=O) groups excluding carboxylic acids is 1. The van der Waals surface area contributed by atoms with Crippen LogP contribution in [0.4, 0.5) is 0 Å². The van der Waals surface area contributed by atoms with Crippen molar-refractivity contribution in [3.63, 3.8) is 0 Å². The highest BCUT2D eigenvalue weighted by Crippen LogP contribution is 2.44. The highest BCUT2D eigenvalue weighted by molar-refractivity contribution is 6.74. The number of ether oxygens (including phenoxy) is 2. The Morgan fingerprint density at radius 2 is 1.84 bits per heavy atom. The summed E-state index contributed by atoms with van der Waals surface area (Å²) in [5, 5.41) is 0.149. The Hall–Kier alpha value is -0.233. The molecule has 2 heterocycles. The number of rotatable bonds is 8. The van der Waals surface area contributed by atoms with E-state index in [1.54, 1.807) is 0 Å². The highest BCUT2D eigenvalue weighted by atomic mass is 28.4. The van der Waals surface area contributed by atoms with Crippen molar-refractivity contribution in [2.24, 2.45) is 11.8 Å². The molecule has 0 N–H and O–H groups in total. The van der Waals surface area contributed by atoms with E-state index in [2.05, 4.69) is 54.6 Å². The molecule has 0 aliphatic carbocycles. The van der Waals surface area contributed by atoms with Gasteiger partial charge in [0.1, 0.15) is 12.4 Å². The smallest absolute Gasteiger partial charge is 0.192 e. The molecule has 0 aromatic heterocycles. The van der Waals surface area contributed by atoms with Gasteiger partial charge in [-0.25, -0.2) is 0 Å². The first kappa shape index (κ1) is 21.1. The molecule has 0 aromatic carbocycles. The Morgan fingerprint density at radius 1 is 1.20 bits per heavy atom. The normalized spacial score (nSPS) is 34.4. The topological polar surface area (TPSA) is 48.1 Å². The first-order chi connectivity index (χ1) is 11.5. The van der Waals surface area contributed by atoms with Crippen LogP contribution < -0.4 is 0 Å². The van der Waals surface area contributed by atoms with Gasteiger partial charge in [0, 0.05) is 6.42 Å². The molecule has 25 heavy (non-hydrogen) atoms. The minimum Gasteiger partial charge on any atom is -0.411 e. The Kier molecular flexibility index (Phi) is 6.57. The van der Waals surface area contributed by atoms with Gasteiger partial charge in [-0.2, -0.15) is 0 Å².